The third-order valence-corrected chi connectivity index (χ3v) is 3.42. The molecule has 7 nitrogen and oxygen atoms in total. The SMILES string of the molecule is NC(=O)C[C@H](NC(=O)[C@H]1Cc2ccccc2CN1)C(=O)O. The second-order valence-electron chi connectivity index (χ2n) is 4.98. The molecule has 1 aromatic carbocycles. The summed E-state index contributed by atoms with van der Waals surface area (Å²) in [6.45, 7) is 0.543. The van der Waals surface area contributed by atoms with E-state index in [1.807, 2.05) is 24.3 Å². The Balaban J connectivity index is 2.01. The average Bonchev–Trinajstić information content (AvgIpc) is 2.45. The molecule has 7 heteroatoms. The molecule has 1 aliphatic heterocycles. The van der Waals surface area contributed by atoms with Crippen LogP contribution in [0, 0.1) is 0 Å². The fourth-order valence-corrected chi connectivity index (χ4v) is 2.31. The minimum Gasteiger partial charge on any atom is -0.480 e. The van der Waals surface area contributed by atoms with Crippen LogP contribution >= 0.6 is 0 Å². The molecule has 0 aromatic heterocycles. The van der Waals surface area contributed by atoms with Gasteiger partial charge in [-0.3, -0.25) is 9.59 Å². The standard InChI is InChI=1S/C14H17N3O4/c15-12(18)6-11(14(20)21)17-13(19)10-5-8-3-1-2-4-9(8)7-16-10/h1-4,10-11,16H,5-7H2,(H2,15,18)(H,17,19)(H,20,21)/t10-,11+/m1/s1. The van der Waals surface area contributed by atoms with Crippen molar-refractivity contribution in [2.45, 2.75) is 31.5 Å². The van der Waals surface area contributed by atoms with E-state index >= 15 is 0 Å². The van der Waals surface area contributed by atoms with E-state index in [1.165, 1.54) is 0 Å². The number of rotatable bonds is 5. The quantitative estimate of drug-likeness (QED) is 0.563. The molecule has 1 aliphatic rings. The first-order valence-corrected chi connectivity index (χ1v) is 6.59. The van der Waals surface area contributed by atoms with E-state index in [4.69, 9.17) is 10.8 Å². The van der Waals surface area contributed by atoms with Crippen LogP contribution in [-0.2, 0) is 27.3 Å². The highest BCUT2D eigenvalue weighted by Crippen LogP contribution is 2.16. The van der Waals surface area contributed by atoms with Gasteiger partial charge < -0.3 is 21.5 Å². The molecule has 0 saturated carbocycles. The zero-order valence-electron chi connectivity index (χ0n) is 11.3. The maximum Gasteiger partial charge on any atom is 0.326 e. The van der Waals surface area contributed by atoms with Crippen LogP contribution in [0.2, 0.25) is 0 Å². The van der Waals surface area contributed by atoms with Crippen LogP contribution in [0.15, 0.2) is 24.3 Å². The van der Waals surface area contributed by atoms with Gasteiger partial charge in [0, 0.05) is 6.54 Å². The summed E-state index contributed by atoms with van der Waals surface area (Å²) in [4.78, 5) is 34.0. The lowest BCUT2D eigenvalue weighted by molar-refractivity contribution is -0.143. The van der Waals surface area contributed by atoms with E-state index < -0.39 is 36.3 Å². The molecule has 2 atom stereocenters. The molecule has 0 fully saturated rings. The minimum atomic E-state index is -1.30. The van der Waals surface area contributed by atoms with Crippen molar-refractivity contribution in [1.29, 1.82) is 0 Å². The molecule has 112 valence electrons. The Morgan fingerprint density at radius 2 is 2.00 bits per heavy atom. The summed E-state index contributed by atoms with van der Waals surface area (Å²) in [5, 5.41) is 14.4. The molecule has 0 spiro atoms. The van der Waals surface area contributed by atoms with Gasteiger partial charge in [-0.2, -0.15) is 0 Å². The Labute approximate surface area is 121 Å². The van der Waals surface area contributed by atoms with Crippen molar-refractivity contribution in [1.82, 2.24) is 10.6 Å². The summed E-state index contributed by atoms with van der Waals surface area (Å²) in [6, 6.07) is 5.92. The van der Waals surface area contributed by atoms with Crippen molar-refractivity contribution in [3.8, 4) is 0 Å². The number of nitrogens with two attached hydrogens (primary N) is 1. The molecule has 0 aliphatic carbocycles. The largest absolute Gasteiger partial charge is 0.480 e. The summed E-state index contributed by atoms with van der Waals surface area (Å²) in [6.07, 6.45) is 0.0509. The molecule has 2 amide bonds. The van der Waals surface area contributed by atoms with Crippen molar-refractivity contribution < 1.29 is 19.5 Å². The predicted octanol–water partition coefficient (Wildman–Crippen LogP) is -0.854. The Kier molecular flexibility index (Phi) is 4.54. The van der Waals surface area contributed by atoms with Gasteiger partial charge in [-0.15, -0.1) is 0 Å². The highest BCUT2D eigenvalue weighted by atomic mass is 16.4. The number of hydrogen-bond donors (Lipinski definition) is 4. The number of nitrogens with one attached hydrogen (secondary N) is 2. The van der Waals surface area contributed by atoms with E-state index in [-0.39, 0.29) is 0 Å². The lowest BCUT2D eigenvalue weighted by atomic mass is 9.95. The number of aliphatic carboxylic acids is 1. The number of carboxylic acids is 1. The van der Waals surface area contributed by atoms with Crippen LogP contribution in [-0.4, -0.2) is 35.0 Å². The molecule has 21 heavy (non-hydrogen) atoms. The van der Waals surface area contributed by atoms with E-state index in [2.05, 4.69) is 10.6 Å². The Morgan fingerprint density at radius 1 is 1.33 bits per heavy atom. The van der Waals surface area contributed by atoms with Crippen LogP contribution in [0.4, 0.5) is 0 Å². The topological polar surface area (TPSA) is 122 Å². The van der Waals surface area contributed by atoms with Gasteiger partial charge in [-0.25, -0.2) is 4.79 Å². The maximum absolute atomic E-state index is 12.1. The molecular weight excluding hydrogens is 274 g/mol. The van der Waals surface area contributed by atoms with Gasteiger partial charge in [0.2, 0.25) is 11.8 Å². The zero-order valence-corrected chi connectivity index (χ0v) is 11.3. The lowest BCUT2D eigenvalue weighted by Crippen LogP contribution is -2.53. The van der Waals surface area contributed by atoms with E-state index in [0.717, 1.165) is 11.1 Å². The second kappa shape index (κ2) is 6.36. The van der Waals surface area contributed by atoms with Gasteiger partial charge in [0.05, 0.1) is 12.5 Å². The first-order chi connectivity index (χ1) is 9.97. The maximum atomic E-state index is 12.1. The summed E-state index contributed by atoms with van der Waals surface area (Å²) in [5.74, 6) is -2.50. The number of amides is 2. The molecular formula is C14H17N3O4. The van der Waals surface area contributed by atoms with E-state index in [9.17, 15) is 14.4 Å². The summed E-state index contributed by atoms with van der Waals surface area (Å²) in [5.41, 5.74) is 7.15. The molecule has 1 heterocycles. The summed E-state index contributed by atoms with van der Waals surface area (Å²) < 4.78 is 0. The van der Waals surface area contributed by atoms with Gasteiger partial charge >= 0.3 is 5.97 Å². The van der Waals surface area contributed by atoms with Crippen molar-refractivity contribution in [3.63, 3.8) is 0 Å². The summed E-state index contributed by atoms with van der Waals surface area (Å²) in [7, 11) is 0. The molecule has 0 radical (unpaired) electrons. The van der Waals surface area contributed by atoms with Crippen LogP contribution in [0.1, 0.15) is 17.5 Å². The Hall–Kier alpha value is -2.41. The number of primary amides is 1. The van der Waals surface area contributed by atoms with Crippen molar-refractivity contribution in [2.75, 3.05) is 0 Å². The first kappa shape index (κ1) is 15.0. The lowest BCUT2D eigenvalue weighted by Gasteiger charge is -2.26. The highest BCUT2D eigenvalue weighted by molar-refractivity contribution is 5.90. The normalized spacial score (nSPS) is 18.4. The van der Waals surface area contributed by atoms with Gasteiger partial charge in [0.15, 0.2) is 0 Å². The highest BCUT2D eigenvalue weighted by Gasteiger charge is 2.28. The van der Waals surface area contributed by atoms with Gasteiger partial charge in [-0.1, -0.05) is 24.3 Å². The van der Waals surface area contributed by atoms with Gasteiger partial charge in [0.25, 0.3) is 0 Å². The molecule has 2 rings (SSSR count). The Morgan fingerprint density at radius 3 is 2.62 bits per heavy atom. The number of benzene rings is 1. The Bertz CT molecular complexity index is 573. The van der Waals surface area contributed by atoms with Crippen LogP contribution < -0.4 is 16.4 Å². The number of carbonyl (C=O) groups is 3. The molecule has 5 N–H and O–H groups in total. The van der Waals surface area contributed by atoms with Crippen molar-refractivity contribution in [2.24, 2.45) is 5.73 Å². The average molecular weight is 291 g/mol. The smallest absolute Gasteiger partial charge is 0.326 e. The van der Waals surface area contributed by atoms with Crippen molar-refractivity contribution >= 4 is 17.8 Å². The number of carboxylic acid groups (broad SMARTS) is 1. The molecule has 0 saturated heterocycles. The van der Waals surface area contributed by atoms with Crippen molar-refractivity contribution in [3.05, 3.63) is 35.4 Å². The van der Waals surface area contributed by atoms with Gasteiger partial charge in [-0.05, 0) is 17.5 Å². The fourth-order valence-electron chi connectivity index (χ4n) is 2.31. The second-order valence-corrected chi connectivity index (χ2v) is 4.98. The van der Waals surface area contributed by atoms with Crippen LogP contribution in [0.5, 0.6) is 0 Å². The zero-order chi connectivity index (χ0) is 15.4. The molecule has 1 aromatic rings. The van der Waals surface area contributed by atoms with Crippen LogP contribution in [0.3, 0.4) is 0 Å². The molecule has 0 unspecified atom stereocenters. The number of fused-ring (bicyclic) bond motifs is 1. The third kappa shape index (κ3) is 3.79. The van der Waals surface area contributed by atoms with E-state index in [1.54, 1.807) is 0 Å². The third-order valence-electron chi connectivity index (χ3n) is 3.42. The summed E-state index contributed by atoms with van der Waals surface area (Å²) >= 11 is 0. The monoisotopic (exact) mass is 291 g/mol. The predicted molar refractivity (Wildman–Crippen MR) is 74.2 cm³/mol. The molecule has 0 bridgehead atoms. The van der Waals surface area contributed by atoms with Crippen LogP contribution in [0.25, 0.3) is 0 Å². The fraction of sp³-hybridized carbons (Fsp3) is 0.357. The number of carbonyl (C=O) groups excluding carboxylic acids is 2. The minimum absolute atomic E-state index is 0.426. The van der Waals surface area contributed by atoms with Gasteiger partial charge in [0.1, 0.15) is 6.04 Å². The first-order valence-electron chi connectivity index (χ1n) is 6.59. The van der Waals surface area contributed by atoms with E-state index in [0.29, 0.717) is 13.0 Å². The number of hydrogen-bond acceptors (Lipinski definition) is 4.